The maximum atomic E-state index is 13.6. The summed E-state index contributed by atoms with van der Waals surface area (Å²) in [5, 5.41) is 9.04. The van der Waals surface area contributed by atoms with Crippen LogP contribution in [0, 0.1) is 12.7 Å². The summed E-state index contributed by atoms with van der Waals surface area (Å²) in [6.07, 6.45) is 0.661. The molecule has 4 nitrogen and oxygen atoms in total. The van der Waals surface area contributed by atoms with Crippen LogP contribution in [0.3, 0.4) is 0 Å². The largest absolute Gasteiger partial charge is 0.480 e. The van der Waals surface area contributed by atoms with Gasteiger partial charge in [0.25, 0.3) is 5.91 Å². The predicted octanol–water partition coefficient (Wildman–Crippen LogP) is 2.51. The molecule has 1 heterocycles. The molecule has 6 heteroatoms. The monoisotopic (exact) mass is 297 g/mol. The zero-order chi connectivity index (χ0) is 14.9. The van der Waals surface area contributed by atoms with Gasteiger partial charge in [0.15, 0.2) is 0 Å². The third kappa shape index (κ3) is 2.65. The first-order valence-corrected chi connectivity index (χ1v) is 7.43. The Hall–Kier alpha value is -1.56. The van der Waals surface area contributed by atoms with Gasteiger partial charge in [0.1, 0.15) is 11.9 Å². The molecular weight excluding hydrogens is 281 g/mol. The standard InChI is InChI=1S/C14H16FNO3S/c1-3-12-16(11(7-20-12)14(18)19)13(17)9-5-4-8(2)10(15)6-9/h4-6,11-12H,3,7H2,1-2H3,(H,18,19). The van der Waals surface area contributed by atoms with Gasteiger partial charge in [0.05, 0.1) is 5.37 Å². The SMILES string of the molecule is CCC1SCC(C(=O)O)N1C(=O)c1ccc(C)c(F)c1. The highest BCUT2D eigenvalue weighted by Gasteiger charge is 2.41. The fourth-order valence-corrected chi connectivity index (χ4v) is 3.56. The number of carboxylic acids is 1. The van der Waals surface area contributed by atoms with Crippen molar-refractivity contribution in [1.29, 1.82) is 0 Å². The molecule has 0 radical (unpaired) electrons. The molecule has 1 N–H and O–H groups in total. The lowest BCUT2D eigenvalue weighted by Crippen LogP contribution is -2.45. The molecular formula is C14H16FNO3S. The number of nitrogens with zero attached hydrogens (tertiary/aromatic N) is 1. The van der Waals surface area contributed by atoms with Gasteiger partial charge >= 0.3 is 5.97 Å². The number of amides is 1. The second-order valence-electron chi connectivity index (χ2n) is 4.73. The number of hydrogen-bond donors (Lipinski definition) is 1. The first-order chi connectivity index (χ1) is 9.45. The fourth-order valence-electron chi connectivity index (χ4n) is 2.22. The van der Waals surface area contributed by atoms with Crippen molar-refractivity contribution in [3.63, 3.8) is 0 Å². The second-order valence-corrected chi connectivity index (χ2v) is 5.94. The third-order valence-electron chi connectivity index (χ3n) is 3.38. The number of halogens is 1. The Morgan fingerprint density at radius 1 is 1.50 bits per heavy atom. The number of carboxylic acid groups (broad SMARTS) is 1. The first kappa shape index (κ1) is 14.8. The molecule has 0 bridgehead atoms. The second kappa shape index (κ2) is 5.83. The van der Waals surface area contributed by atoms with Gasteiger partial charge in [-0.1, -0.05) is 13.0 Å². The molecule has 20 heavy (non-hydrogen) atoms. The van der Waals surface area contributed by atoms with Crippen molar-refractivity contribution >= 4 is 23.6 Å². The van der Waals surface area contributed by atoms with E-state index >= 15 is 0 Å². The van der Waals surface area contributed by atoms with Gasteiger partial charge in [-0.15, -0.1) is 11.8 Å². The Morgan fingerprint density at radius 2 is 2.20 bits per heavy atom. The predicted molar refractivity (Wildman–Crippen MR) is 75.3 cm³/mol. The third-order valence-corrected chi connectivity index (χ3v) is 4.83. The van der Waals surface area contributed by atoms with Crippen LogP contribution < -0.4 is 0 Å². The Bertz CT molecular complexity index is 549. The van der Waals surface area contributed by atoms with Crippen molar-refractivity contribution < 1.29 is 19.1 Å². The van der Waals surface area contributed by atoms with Crippen LogP contribution in [0.2, 0.25) is 0 Å². The van der Waals surface area contributed by atoms with Crippen LogP contribution in [-0.2, 0) is 4.79 Å². The molecule has 2 unspecified atom stereocenters. The Kier molecular flexibility index (Phi) is 4.32. The number of carbonyl (C=O) groups is 2. The molecule has 0 saturated carbocycles. The van der Waals surface area contributed by atoms with E-state index < -0.39 is 23.7 Å². The molecule has 1 aliphatic rings. The molecule has 0 aromatic heterocycles. The Labute approximate surface area is 121 Å². The zero-order valence-electron chi connectivity index (χ0n) is 11.3. The van der Waals surface area contributed by atoms with Crippen molar-refractivity contribution in [2.45, 2.75) is 31.7 Å². The summed E-state index contributed by atoms with van der Waals surface area (Å²) < 4.78 is 13.6. The molecule has 1 amide bonds. The quantitative estimate of drug-likeness (QED) is 0.931. The molecule has 1 fully saturated rings. The molecule has 0 aliphatic carbocycles. The first-order valence-electron chi connectivity index (χ1n) is 6.39. The number of carbonyl (C=O) groups excluding carboxylic acids is 1. The highest BCUT2D eigenvalue weighted by Crippen LogP contribution is 2.32. The molecule has 0 spiro atoms. The molecule has 2 atom stereocenters. The normalized spacial score (nSPS) is 22.1. The van der Waals surface area contributed by atoms with Gasteiger partial charge in [0.2, 0.25) is 0 Å². The topological polar surface area (TPSA) is 57.6 Å². The maximum absolute atomic E-state index is 13.6. The summed E-state index contributed by atoms with van der Waals surface area (Å²) in [6.45, 7) is 3.52. The molecule has 1 aliphatic heterocycles. The number of aliphatic carboxylic acids is 1. The van der Waals surface area contributed by atoms with Gasteiger partial charge in [0, 0.05) is 11.3 Å². The Balaban J connectivity index is 2.33. The van der Waals surface area contributed by atoms with Gasteiger partial charge in [-0.3, -0.25) is 4.79 Å². The van der Waals surface area contributed by atoms with Crippen molar-refractivity contribution in [2.24, 2.45) is 0 Å². The van der Waals surface area contributed by atoms with E-state index in [2.05, 4.69) is 0 Å². The number of rotatable bonds is 3. The van der Waals surface area contributed by atoms with Gasteiger partial charge in [-0.05, 0) is 31.0 Å². The zero-order valence-corrected chi connectivity index (χ0v) is 12.1. The van der Waals surface area contributed by atoms with Crippen LogP contribution in [-0.4, -0.2) is 39.1 Å². The summed E-state index contributed by atoms with van der Waals surface area (Å²) in [4.78, 5) is 25.1. The van der Waals surface area contributed by atoms with Gasteiger partial charge < -0.3 is 10.0 Å². The average molecular weight is 297 g/mol. The number of hydrogen-bond acceptors (Lipinski definition) is 3. The van der Waals surface area contributed by atoms with E-state index in [9.17, 15) is 19.1 Å². The van der Waals surface area contributed by atoms with E-state index in [0.29, 0.717) is 17.7 Å². The number of thioether (sulfide) groups is 1. The summed E-state index contributed by atoms with van der Waals surface area (Å²) in [7, 11) is 0. The van der Waals surface area contributed by atoms with E-state index in [-0.39, 0.29) is 10.9 Å². The molecule has 108 valence electrons. The summed E-state index contributed by atoms with van der Waals surface area (Å²) in [5.41, 5.74) is 0.652. The average Bonchev–Trinajstić information content (AvgIpc) is 2.85. The van der Waals surface area contributed by atoms with E-state index in [4.69, 9.17) is 0 Å². The van der Waals surface area contributed by atoms with Crippen LogP contribution in [0.5, 0.6) is 0 Å². The van der Waals surface area contributed by atoms with Crippen LogP contribution in [0.25, 0.3) is 0 Å². The summed E-state index contributed by atoms with van der Waals surface area (Å²) in [5.74, 6) is -1.53. The van der Waals surface area contributed by atoms with Crippen LogP contribution in [0.1, 0.15) is 29.3 Å². The molecule has 2 rings (SSSR count). The maximum Gasteiger partial charge on any atom is 0.327 e. The van der Waals surface area contributed by atoms with Crippen molar-refractivity contribution in [3.05, 3.63) is 35.1 Å². The molecule has 1 aromatic rings. The van der Waals surface area contributed by atoms with Crippen molar-refractivity contribution in [3.8, 4) is 0 Å². The van der Waals surface area contributed by atoms with Crippen LogP contribution in [0.4, 0.5) is 4.39 Å². The van der Waals surface area contributed by atoms with E-state index in [1.807, 2.05) is 6.92 Å². The van der Waals surface area contributed by atoms with Gasteiger partial charge in [-0.25, -0.2) is 9.18 Å². The number of aryl methyl sites for hydroxylation is 1. The lowest BCUT2D eigenvalue weighted by molar-refractivity contribution is -0.141. The minimum absolute atomic E-state index is 0.173. The van der Waals surface area contributed by atoms with Crippen molar-refractivity contribution in [1.82, 2.24) is 4.90 Å². The molecule has 1 saturated heterocycles. The minimum atomic E-state index is -1.02. The highest BCUT2D eigenvalue weighted by molar-refractivity contribution is 8.00. The van der Waals surface area contributed by atoms with Crippen molar-refractivity contribution in [2.75, 3.05) is 5.75 Å². The van der Waals surface area contributed by atoms with E-state index in [0.717, 1.165) is 0 Å². The van der Waals surface area contributed by atoms with E-state index in [1.54, 1.807) is 6.92 Å². The van der Waals surface area contributed by atoms with Crippen LogP contribution in [0.15, 0.2) is 18.2 Å². The smallest absolute Gasteiger partial charge is 0.327 e. The fraction of sp³-hybridized carbons (Fsp3) is 0.429. The summed E-state index contributed by atoms with van der Waals surface area (Å²) in [6, 6.07) is 3.39. The highest BCUT2D eigenvalue weighted by atomic mass is 32.2. The Morgan fingerprint density at radius 3 is 2.75 bits per heavy atom. The van der Waals surface area contributed by atoms with Crippen LogP contribution >= 0.6 is 11.8 Å². The van der Waals surface area contributed by atoms with E-state index in [1.165, 1.54) is 34.9 Å². The lowest BCUT2D eigenvalue weighted by atomic mass is 10.1. The molecule has 1 aromatic carbocycles. The number of benzene rings is 1. The minimum Gasteiger partial charge on any atom is -0.480 e. The lowest BCUT2D eigenvalue weighted by Gasteiger charge is -2.26. The van der Waals surface area contributed by atoms with Gasteiger partial charge in [-0.2, -0.15) is 0 Å². The summed E-state index contributed by atoms with van der Waals surface area (Å²) >= 11 is 1.45.